The molecule has 12 heteroatoms. The SMILES string of the molecule is [C-]#[N+]c1ccc(CN(Cc2ccc(Oc3cc(OCCc4cccnc4)cc(C(=O)CCC(=O)O)c3)cc2)c2cccc(NS(C)(=O)=O)c2C)cc1. The number of carbonyl (C=O) groups is 2. The number of ether oxygens (including phenoxy) is 2. The van der Waals surface area contributed by atoms with Gasteiger partial charge in [0.2, 0.25) is 10.0 Å². The maximum Gasteiger partial charge on any atom is 0.303 e. The smallest absolute Gasteiger partial charge is 0.303 e. The zero-order valence-electron chi connectivity index (χ0n) is 28.8. The Balaban J connectivity index is 1.37. The molecule has 52 heavy (non-hydrogen) atoms. The van der Waals surface area contributed by atoms with Gasteiger partial charge in [-0.05, 0) is 71.6 Å². The minimum absolute atomic E-state index is 0.157. The third-order valence-corrected chi connectivity index (χ3v) is 8.65. The molecule has 0 fully saturated rings. The van der Waals surface area contributed by atoms with Crippen LogP contribution in [0.3, 0.4) is 0 Å². The standard InChI is InChI=1S/C40H38N4O7S/c1-28-37(43-52(3,48)49)7-4-8-38(28)44(26-30-9-13-33(41-2)14-10-30)27-31-11-15-34(16-12-31)51-36-23-32(39(45)17-18-40(46)47)22-35(24-36)50-21-19-29-6-5-20-42-25-29/h4-16,20,22-25,43H,17-19,21,26-27H2,1,3H3,(H,46,47). The van der Waals surface area contributed by atoms with E-state index >= 15 is 0 Å². The Morgan fingerprint density at radius 3 is 2.19 bits per heavy atom. The maximum absolute atomic E-state index is 12.9. The number of nitrogens with one attached hydrogen (secondary N) is 1. The highest BCUT2D eigenvalue weighted by Crippen LogP contribution is 2.32. The van der Waals surface area contributed by atoms with Crippen molar-refractivity contribution in [3.05, 3.63) is 149 Å². The Hall–Kier alpha value is -6.19. The first-order valence-corrected chi connectivity index (χ1v) is 18.3. The Kier molecular flexibility index (Phi) is 12.2. The van der Waals surface area contributed by atoms with E-state index in [4.69, 9.17) is 21.2 Å². The van der Waals surface area contributed by atoms with Gasteiger partial charge in [0.25, 0.3) is 0 Å². The molecule has 1 heterocycles. The lowest BCUT2D eigenvalue weighted by Crippen LogP contribution is -2.23. The van der Waals surface area contributed by atoms with Gasteiger partial charge in [0.05, 0.1) is 31.5 Å². The minimum atomic E-state index is -3.49. The molecule has 0 saturated heterocycles. The highest BCUT2D eigenvalue weighted by Gasteiger charge is 2.17. The van der Waals surface area contributed by atoms with Crippen molar-refractivity contribution in [3.63, 3.8) is 0 Å². The molecule has 0 saturated carbocycles. The van der Waals surface area contributed by atoms with Crippen LogP contribution in [0, 0.1) is 13.5 Å². The van der Waals surface area contributed by atoms with E-state index in [9.17, 15) is 18.0 Å². The summed E-state index contributed by atoms with van der Waals surface area (Å²) in [5.74, 6) is -0.105. The van der Waals surface area contributed by atoms with Crippen LogP contribution in [0.1, 0.15) is 45.5 Å². The molecule has 5 aromatic rings. The van der Waals surface area contributed by atoms with E-state index in [0.717, 1.165) is 34.2 Å². The summed E-state index contributed by atoms with van der Waals surface area (Å²) in [5.41, 5.74) is 5.84. The predicted molar refractivity (Wildman–Crippen MR) is 200 cm³/mol. The topological polar surface area (TPSA) is 139 Å². The quantitative estimate of drug-likeness (QED) is 0.0724. The molecule has 1 aromatic heterocycles. The summed E-state index contributed by atoms with van der Waals surface area (Å²) in [6, 6.07) is 28.9. The number of sulfonamides is 1. The lowest BCUT2D eigenvalue weighted by Gasteiger charge is -2.28. The summed E-state index contributed by atoms with van der Waals surface area (Å²) < 4.78 is 38.9. The van der Waals surface area contributed by atoms with Crippen LogP contribution < -0.4 is 19.1 Å². The monoisotopic (exact) mass is 718 g/mol. The van der Waals surface area contributed by atoms with Crippen LogP contribution in [0.5, 0.6) is 17.2 Å². The van der Waals surface area contributed by atoms with Crippen LogP contribution in [-0.2, 0) is 34.3 Å². The van der Waals surface area contributed by atoms with Crippen LogP contribution in [0.25, 0.3) is 4.85 Å². The molecule has 0 spiro atoms. The minimum Gasteiger partial charge on any atom is -0.493 e. The fourth-order valence-electron chi connectivity index (χ4n) is 5.49. The van der Waals surface area contributed by atoms with Crippen LogP contribution in [-0.4, -0.2) is 43.1 Å². The zero-order valence-corrected chi connectivity index (χ0v) is 29.6. The van der Waals surface area contributed by atoms with Crippen LogP contribution >= 0.6 is 0 Å². The molecule has 0 aliphatic carbocycles. The van der Waals surface area contributed by atoms with Gasteiger partial charge in [-0.1, -0.05) is 48.5 Å². The molecule has 4 aromatic carbocycles. The van der Waals surface area contributed by atoms with E-state index in [1.807, 2.05) is 61.5 Å². The largest absolute Gasteiger partial charge is 0.493 e. The van der Waals surface area contributed by atoms with E-state index in [0.29, 0.717) is 54.7 Å². The fraction of sp³-hybridized carbons (Fsp3) is 0.200. The Labute approximate surface area is 303 Å². The summed E-state index contributed by atoms with van der Waals surface area (Å²) in [7, 11) is -3.49. The van der Waals surface area contributed by atoms with Crippen LogP contribution in [0.15, 0.2) is 109 Å². The van der Waals surface area contributed by atoms with Gasteiger partial charge in [-0.3, -0.25) is 19.3 Å². The van der Waals surface area contributed by atoms with Gasteiger partial charge >= 0.3 is 5.97 Å². The van der Waals surface area contributed by atoms with E-state index in [1.165, 1.54) is 0 Å². The average molecular weight is 719 g/mol. The number of hydrogen-bond donors (Lipinski definition) is 2. The van der Waals surface area contributed by atoms with E-state index in [-0.39, 0.29) is 24.2 Å². The number of pyridine rings is 1. The van der Waals surface area contributed by atoms with Gasteiger partial charge in [0.15, 0.2) is 11.5 Å². The molecule has 266 valence electrons. The summed E-state index contributed by atoms with van der Waals surface area (Å²) in [4.78, 5) is 33.8. The van der Waals surface area contributed by atoms with Crippen molar-refractivity contribution in [3.8, 4) is 17.2 Å². The van der Waals surface area contributed by atoms with Gasteiger partial charge < -0.3 is 19.5 Å². The van der Waals surface area contributed by atoms with Gasteiger partial charge in [-0.25, -0.2) is 13.3 Å². The van der Waals surface area contributed by atoms with Crippen molar-refractivity contribution < 1.29 is 32.6 Å². The number of benzene rings is 4. The first-order chi connectivity index (χ1) is 25.0. The van der Waals surface area contributed by atoms with Crippen molar-refractivity contribution in [2.45, 2.75) is 39.3 Å². The van der Waals surface area contributed by atoms with Crippen molar-refractivity contribution in [1.82, 2.24) is 4.98 Å². The number of hydrogen-bond acceptors (Lipinski definition) is 8. The Morgan fingerprint density at radius 1 is 0.865 bits per heavy atom. The van der Waals surface area contributed by atoms with E-state index < -0.39 is 16.0 Å². The molecule has 0 bridgehead atoms. The molecule has 0 unspecified atom stereocenters. The van der Waals surface area contributed by atoms with Crippen molar-refractivity contribution in [2.75, 3.05) is 22.5 Å². The molecule has 0 aliphatic rings. The highest BCUT2D eigenvalue weighted by molar-refractivity contribution is 7.92. The molecule has 0 radical (unpaired) electrons. The maximum atomic E-state index is 12.9. The van der Waals surface area contributed by atoms with E-state index in [1.54, 1.807) is 54.9 Å². The van der Waals surface area contributed by atoms with Crippen molar-refractivity contribution in [2.24, 2.45) is 0 Å². The molecule has 0 amide bonds. The van der Waals surface area contributed by atoms with Gasteiger partial charge in [0, 0.05) is 55.6 Å². The number of anilines is 2. The number of nitrogens with zero attached hydrogens (tertiary/aromatic N) is 3. The normalized spacial score (nSPS) is 10.9. The number of Topliss-reactive ketones (excluding diaryl/α,β-unsaturated/α-hetero) is 1. The lowest BCUT2D eigenvalue weighted by atomic mass is 10.1. The number of carboxylic acids is 1. The first kappa shape index (κ1) is 37.1. The summed E-state index contributed by atoms with van der Waals surface area (Å²) in [5, 5.41) is 9.09. The van der Waals surface area contributed by atoms with Gasteiger partial charge in [0.1, 0.15) is 17.2 Å². The summed E-state index contributed by atoms with van der Waals surface area (Å²) in [6.45, 7) is 10.4. The Bertz CT molecular complexity index is 2170. The third kappa shape index (κ3) is 10.9. The average Bonchev–Trinajstić information content (AvgIpc) is 3.12. The second-order valence-electron chi connectivity index (χ2n) is 12.2. The number of rotatable bonds is 17. The molecule has 0 aliphatic heterocycles. The van der Waals surface area contributed by atoms with Crippen molar-refractivity contribution in [1.29, 1.82) is 0 Å². The number of aromatic nitrogens is 1. The van der Waals surface area contributed by atoms with Gasteiger partial charge in [-0.2, -0.15) is 0 Å². The third-order valence-electron chi connectivity index (χ3n) is 8.06. The molecular weight excluding hydrogens is 681 g/mol. The lowest BCUT2D eigenvalue weighted by molar-refractivity contribution is -0.136. The molecule has 2 N–H and O–H groups in total. The van der Waals surface area contributed by atoms with Crippen LogP contribution in [0.2, 0.25) is 0 Å². The first-order valence-electron chi connectivity index (χ1n) is 16.4. The second-order valence-corrected chi connectivity index (χ2v) is 13.9. The number of ketones is 1. The molecule has 11 nitrogen and oxygen atoms in total. The second kappa shape index (κ2) is 17.2. The molecule has 0 atom stereocenters. The Morgan fingerprint density at radius 2 is 1.56 bits per heavy atom. The van der Waals surface area contributed by atoms with Crippen molar-refractivity contribution >= 4 is 38.8 Å². The zero-order chi connectivity index (χ0) is 37.1. The summed E-state index contributed by atoms with van der Waals surface area (Å²) >= 11 is 0. The number of carbonyl (C=O) groups excluding carboxylic acids is 1. The molecule has 5 rings (SSSR count). The summed E-state index contributed by atoms with van der Waals surface area (Å²) in [6.07, 6.45) is 4.73. The fourth-order valence-corrected chi connectivity index (χ4v) is 6.11. The van der Waals surface area contributed by atoms with Gasteiger partial charge in [-0.15, -0.1) is 0 Å². The number of aliphatic carboxylic acids is 1. The molecular formula is C40H38N4O7S. The number of carboxylic acid groups (broad SMARTS) is 1. The predicted octanol–water partition coefficient (Wildman–Crippen LogP) is 7.98. The van der Waals surface area contributed by atoms with E-state index in [2.05, 4.69) is 19.5 Å². The van der Waals surface area contributed by atoms with Crippen LogP contribution in [0.4, 0.5) is 17.1 Å². The highest BCUT2D eigenvalue weighted by atomic mass is 32.2.